The molecule has 1 N–H and O–H groups in total. The largest absolute Gasteiger partial charge is 0.362 e. The van der Waals surface area contributed by atoms with Gasteiger partial charge in [0.25, 0.3) is 0 Å². The number of anilines is 2. The number of benzene rings is 1. The Balaban J connectivity index is 1.69. The predicted octanol–water partition coefficient (Wildman–Crippen LogP) is 4.76. The van der Waals surface area contributed by atoms with E-state index in [0.29, 0.717) is 6.42 Å². The zero-order chi connectivity index (χ0) is 22.7. The average molecular weight is 431 g/mol. The number of rotatable bonds is 4. The Morgan fingerprint density at radius 3 is 2.78 bits per heavy atom. The molecule has 0 bridgehead atoms. The van der Waals surface area contributed by atoms with E-state index in [9.17, 15) is 4.79 Å². The van der Waals surface area contributed by atoms with Crippen molar-refractivity contribution >= 4 is 17.3 Å². The molecular weight excluding hydrogens is 400 g/mol. The number of aromatic nitrogens is 2. The SMILES string of the molecule is CCC1(c2cccc(N(C)c3ccnn3C)c2)C2=CN=NC2NC2=C1C(=O)CC(C)(C)C2. The number of allylic oxidation sites excluding steroid dienone is 2. The third-order valence-electron chi connectivity index (χ3n) is 7.17. The molecule has 7 heteroatoms. The van der Waals surface area contributed by atoms with Crippen molar-refractivity contribution in [3.05, 3.63) is 65.1 Å². The summed E-state index contributed by atoms with van der Waals surface area (Å²) in [5.74, 6) is 1.22. The van der Waals surface area contributed by atoms with Crippen LogP contribution in [0.2, 0.25) is 0 Å². The van der Waals surface area contributed by atoms with Crippen LogP contribution in [0.4, 0.5) is 11.5 Å². The molecule has 5 rings (SSSR count). The van der Waals surface area contributed by atoms with Crippen LogP contribution in [0.25, 0.3) is 0 Å². The fraction of sp³-hybridized carbons (Fsp3) is 0.440. The summed E-state index contributed by atoms with van der Waals surface area (Å²) in [7, 11) is 3.98. The van der Waals surface area contributed by atoms with Crippen LogP contribution < -0.4 is 10.2 Å². The topological polar surface area (TPSA) is 74.9 Å². The van der Waals surface area contributed by atoms with E-state index in [1.54, 1.807) is 6.20 Å². The van der Waals surface area contributed by atoms with Crippen LogP contribution in [0.3, 0.4) is 0 Å². The minimum Gasteiger partial charge on any atom is -0.362 e. The number of carbonyl (C=O) groups is 1. The number of carbonyl (C=O) groups excluding carboxylic acids is 1. The van der Waals surface area contributed by atoms with E-state index in [4.69, 9.17) is 0 Å². The molecule has 0 saturated heterocycles. The molecule has 7 nitrogen and oxygen atoms in total. The number of nitrogens with one attached hydrogen (secondary N) is 1. The Morgan fingerprint density at radius 2 is 2.06 bits per heavy atom. The molecule has 0 radical (unpaired) electrons. The number of azo groups is 1. The lowest BCUT2D eigenvalue weighted by molar-refractivity contribution is -0.119. The normalized spacial score (nSPS) is 25.8. The second-order valence-electron chi connectivity index (χ2n) is 9.84. The van der Waals surface area contributed by atoms with Crippen LogP contribution in [-0.2, 0) is 17.3 Å². The number of hydrogen-bond acceptors (Lipinski definition) is 6. The highest BCUT2D eigenvalue weighted by Gasteiger charge is 2.53. The lowest BCUT2D eigenvalue weighted by Crippen LogP contribution is -2.51. The third kappa shape index (κ3) is 2.94. The smallest absolute Gasteiger partial charge is 0.164 e. The van der Waals surface area contributed by atoms with Crippen LogP contribution >= 0.6 is 0 Å². The fourth-order valence-electron chi connectivity index (χ4n) is 5.70. The van der Waals surface area contributed by atoms with Gasteiger partial charge in [-0.2, -0.15) is 15.3 Å². The molecule has 2 atom stereocenters. The Morgan fingerprint density at radius 1 is 1.25 bits per heavy atom. The third-order valence-corrected chi connectivity index (χ3v) is 7.17. The molecule has 1 aliphatic carbocycles. The van der Waals surface area contributed by atoms with Crippen LogP contribution in [0.15, 0.2) is 69.8 Å². The second-order valence-corrected chi connectivity index (χ2v) is 9.84. The standard InChI is InChI=1S/C25H30N6O/c1-6-25(16-8-7-9-17(12-16)30(4)21-10-11-27-31(21)5)18-15-26-29-23(18)28-19-13-24(2,3)14-20(32)22(19)25/h7-12,15,23,28H,6,13-14H2,1-5H3. The molecule has 0 spiro atoms. The molecule has 0 amide bonds. The maximum Gasteiger partial charge on any atom is 0.164 e. The number of fused-ring (bicyclic) bond motifs is 1. The van der Waals surface area contributed by atoms with Crippen LogP contribution in [0.1, 0.15) is 45.6 Å². The molecule has 2 unspecified atom stereocenters. The highest BCUT2D eigenvalue weighted by molar-refractivity contribution is 6.01. The maximum atomic E-state index is 13.6. The van der Waals surface area contributed by atoms with Crippen LogP contribution in [-0.4, -0.2) is 28.8 Å². The molecule has 2 aromatic rings. The molecule has 1 aromatic heterocycles. The summed E-state index contributed by atoms with van der Waals surface area (Å²) >= 11 is 0. The number of hydrogen-bond donors (Lipinski definition) is 1. The molecule has 166 valence electrons. The lowest BCUT2D eigenvalue weighted by Gasteiger charge is -2.48. The van der Waals surface area contributed by atoms with E-state index >= 15 is 0 Å². The minimum absolute atomic E-state index is 0.0685. The van der Waals surface area contributed by atoms with Crippen LogP contribution in [0, 0.1) is 5.41 Å². The van der Waals surface area contributed by atoms with Gasteiger partial charge in [-0.25, -0.2) is 0 Å². The van der Waals surface area contributed by atoms with Gasteiger partial charge in [-0.1, -0.05) is 32.9 Å². The number of Topliss-reactive ketones (excluding diaryl/α,β-unsaturated/α-hetero) is 1. The van der Waals surface area contributed by atoms with Crippen molar-refractivity contribution < 1.29 is 4.79 Å². The molecule has 2 aliphatic heterocycles. The summed E-state index contributed by atoms with van der Waals surface area (Å²) in [4.78, 5) is 15.7. The van der Waals surface area contributed by atoms with Gasteiger partial charge in [-0.05, 0) is 36.0 Å². The summed E-state index contributed by atoms with van der Waals surface area (Å²) in [6.45, 7) is 6.49. The van der Waals surface area contributed by atoms with E-state index in [1.807, 2.05) is 31.0 Å². The Kier molecular flexibility index (Phi) is 4.62. The summed E-state index contributed by atoms with van der Waals surface area (Å²) in [6.07, 6.45) is 5.60. The van der Waals surface area contributed by atoms with Crippen molar-refractivity contribution in [1.29, 1.82) is 0 Å². The van der Waals surface area contributed by atoms with Gasteiger partial charge in [0, 0.05) is 49.1 Å². The van der Waals surface area contributed by atoms with Crippen molar-refractivity contribution in [2.24, 2.45) is 22.7 Å². The quantitative estimate of drug-likeness (QED) is 0.759. The molecule has 3 heterocycles. The zero-order valence-corrected chi connectivity index (χ0v) is 19.4. The van der Waals surface area contributed by atoms with Crippen molar-refractivity contribution in [3.63, 3.8) is 0 Å². The monoisotopic (exact) mass is 430 g/mol. The zero-order valence-electron chi connectivity index (χ0n) is 19.4. The van der Waals surface area contributed by atoms with Gasteiger partial charge in [-0.3, -0.25) is 9.48 Å². The highest BCUT2D eigenvalue weighted by atomic mass is 16.1. The Labute approximate surface area is 188 Å². The summed E-state index contributed by atoms with van der Waals surface area (Å²) in [5, 5.41) is 16.6. The van der Waals surface area contributed by atoms with E-state index in [2.05, 4.69) is 70.6 Å². The van der Waals surface area contributed by atoms with E-state index in [0.717, 1.165) is 46.8 Å². The second kappa shape index (κ2) is 7.15. The van der Waals surface area contributed by atoms with Gasteiger partial charge in [0.15, 0.2) is 11.9 Å². The van der Waals surface area contributed by atoms with Gasteiger partial charge >= 0.3 is 0 Å². The first-order chi connectivity index (χ1) is 15.3. The number of ketones is 1. The molecule has 0 fully saturated rings. The minimum atomic E-state index is -0.536. The van der Waals surface area contributed by atoms with E-state index in [-0.39, 0.29) is 17.4 Å². The van der Waals surface area contributed by atoms with Crippen LogP contribution in [0.5, 0.6) is 0 Å². The van der Waals surface area contributed by atoms with Crippen molar-refractivity contribution in [1.82, 2.24) is 15.1 Å². The summed E-state index contributed by atoms with van der Waals surface area (Å²) in [5.41, 5.74) is 4.54. The van der Waals surface area contributed by atoms with Gasteiger partial charge in [0.05, 0.1) is 17.8 Å². The molecule has 0 saturated carbocycles. The fourth-order valence-corrected chi connectivity index (χ4v) is 5.70. The average Bonchev–Trinajstić information content (AvgIpc) is 3.39. The van der Waals surface area contributed by atoms with E-state index < -0.39 is 5.41 Å². The first-order valence-electron chi connectivity index (χ1n) is 11.2. The summed E-state index contributed by atoms with van der Waals surface area (Å²) in [6, 6.07) is 10.5. The number of aryl methyl sites for hydroxylation is 1. The lowest BCUT2D eigenvalue weighted by atomic mass is 9.59. The molecule has 32 heavy (non-hydrogen) atoms. The van der Waals surface area contributed by atoms with Crippen molar-refractivity contribution in [2.75, 3.05) is 11.9 Å². The molecule has 3 aliphatic rings. The Bertz CT molecular complexity index is 1190. The van der Waals surface area contributed by atoms with Crippen molar-refractivity contribution in [3.8, 4) is 0 Å². The first kappa shape index (κ1) is 20.7. The predicted molar refractivity (Wildman–Crippen MR) is 125 cm³/mol. The maximum absolute atomic E-state index is 13.6. The van der Waals surface area contributed by atoms with Gasteiger partial charge in [-0.15, -0.1) is 0 Å². The first-order valence-corrected chi connectivity index (χ1v) is 11.2. The highest BCUT2D eigenvalue weighted by Crippen LogP contribution is 2.54. The van der Waals surface area contributed by atoms with Gasteiger partial charge in [0.1, 0.15) is 5.82 Å². The number of nitrogens with zero attached hydrogens (tertiary/aromatic N) is 5. The summed E-state index contributed by atoms with van der Waals surface area (Å²) < 4.78 is 1.85. The van der Waals surface area contributed by atoms with Crippen molar-refractivity contribution in [2.45, 2.75) is 51.6 Å². The Hall–Kier alpha value is -3.22. The van der Waals surface area contributed by atoms with E-state index in [1.165, 1.54) is 0 Å². The molecule has 1 aromatic carbocycles. The van der Waals surface area contributed by atoms with Gasteiger partial charge in [0.2, 0.25) is 0 Å². The molecular formula is C25H30N6O. The van der Waals surface area contributed by atoms with Gasteiger partial charge < -0.3 is 10.2 Å².